The second-order valence-corrected chi connectivity index (χ2v) is 4.48. The highest BCUT2D eigenvalue weighted by Crippen LogP contribution is 2.27. The number of fused-ring (bicyclic) bond motifs is 1. The van der Waals surface area contributed by atoms with Crippen LogP contribution in [0.5, 0.6) is 5.75 Å². The standard InChI is InChI=1S/C14H18N2O2/c1-4-16-8-11-7-12(15-14(17)10(2)3)5-6-13(11)18-9-16/h5-7H,2,4,8-9H2,1,3H3,(H,15,17). The van der Waals surface area contributed by atoms with Gasteiger partial charge in [0.05, 0.1) is 0 Å². The molecule has 1 aromatic rings. The lowest BCUT2D eigenvalue weighted by Crippen LogP contribution is -2.31. The maximum absolute atomic E-state index is 11.5. The molecule has 1 N–H and O–H groups in total. The van der Waals surface area contributed by atoms with Gasteiger partial charge in [-0.2, -0.15) is 0 Å². The van der Waals surface area contributed by atoms with Crippen LogP contribution in [-0.2, 0) is 11.3 Å². The molecule has 0 aromatic heterocycles. The van der Waals surface area contributed by atoms with Crippen molar-refractivity contribution in [2.75, 3.05) is 18.6 Å². The smallest absolute Gasteiger partial charge is 0.250 e. The van der Waals surface area contributed by atoms with Gasteiger partial charge in [0.25, 0.3) is 5.91 Å². The van der Waals surface area contributed by atoms with E-state index in [0.717, 1.165) is 30.1 Å². The molecular weight excluding hydrogens is 228 g/mol. The van der Waals surface area contributed by atoms with Crippen LogP contribution in [-0.4, -0.2) is 24.1 Å². The SMILES string of the molecule is C=C(C)C(=O)Nc1ccc2c(c1)CN(CC)CO2. The fourth-order valence-corrected chi connectivity index (χ4v) is 1.81. The summed E-state index contributed by atoms with van der Waals surface area (Å²) in [5.41, 5.74) is 2.38. The highest BCUT2D eigenvalue weighted by Gasteiger charge is 2.16. The number of carbonyl (C=O) groups is 1. The molecule has 0 spiro atoms. The Morgan fingerprint density at radius 1 is 1.56 bits per heavy atom. The molecule has 1 aromatic carbocycles. The van der Waals surface area contributed by atoms with Crippen molar-refractivity contribution in [3.8, 4) is 5.75 Å². The first-order chi connectivity index (χ1) is 8.60. The third-order valence-electron chi connectivity index (χ3n) is 2.95. The molecule has 18 heavy (non-hydrogen) atoms. The largest absolute Gasteiger partial charge is 0.478 e. The molecule has 0 atom stereocenters. The normalized spacial score (nSPS) is 14.6. The average Bonchev–Trinajstić information content (AvgIpc) is 2.37. The summed E-state index contributed by atoms with van der Waals surface area (Å²) in [5, 5.41) is 2.81. The quantitative estimate of drug-likeness (QED) is 0.832. The first-order valence-corrected chi connectivity index (χ1v) is 6.05. The van der Waals surface area contributed by atoms with Crippen LogP contribution in [0.1, 0.15) is 19.4 Å². The molecule has 1 amide bonds. The fraction of sp³-hybridized carbons (Fsp3) is 0.357. The Hall–Kier alpha value is -1.81. The van der Waals surface area contributed by atoms with Crippen molar-refractivity contribution in [3.63, 3.8) is 0 Å². The first-order valence-electron chi connectivity index (χ1n) is 6.05. The van der Waals surface area contributed by atoms with Crippen molar-refractivity contribution >= 4 is 11.6 Å². The third-order valence-corrected chi connectivity index (χ3v) is 2.95. The number of hydrogen-bond donors (Lipinski definition) is 1. The summed E-state index contributed by atoms with van der Waals surface area (Å²) < 4.78 is 5.63. The zero-order valence-corrected chi connectivity index (χ0v) is 10.8. The number of nitrogens with zero attached hydrogens (tertiary/aromatic N) is 1. The number of hydrogen-bond acceptors (Lipinski definition) is 3. The Labute approximate surface area is 107 Å². The van der Waals surface area contributed by atoms with E-state index in [4.69, 9.17) is 4.74 Å². The number of benzene rings is 1. The van der Waals surface area contributed by atoms with Crippen molar-refractivity contribution in [1.82, 2.24) is 4.90 Å². The van der Waals surface area contributed by atoms with Crippen molar-refractivity contribution < 1.29 is 9.53 Å². The number of nitrogens with one attached hydrogen (secondary N) is 1. The molecule has 1 aliphatic heterocycles. The number of ether oxygens (including phenoxy) is 1. The lowest BCUT2D eigenvalue weighted by molar-refractivity contribution is -0.112. The first kappa shape index (κ1) is 12.6. The van der Waals surface area contributed by atoms with Crippen molar-refractivity contribution in [3.05, 3.63) is 35.9 Å². The van der Waals surface area contributed by atoms with E-state index in [1.807, 2.05) is 18.2 Å². The van der Waals surface area contributed by atoms with E-state index in [1.165, 1.54) is 0 Å². The molecule has 0 aliphatic carbocycles. The predicted octanol–water partition coefficient (Wildman–Crippen LogP) is 2.37. The molecule has 1 aliphatic rings. The number of rotatable bonds is 3. The van der Waals surface area contributed by atoms with E-state index < -0.39 is 0 Å². The summed E-state index contributed by atoms with van der Waals surface area (Å²) in [6.07, 6.45) is 0. The van der Waals surface area contributed by atoms with Gasteiger partial charge in [-0.15, -0.1) is 0 Å². The number of anilines is 1. The zero-order chi connectivity index (χ0) is 13.1. The third kappa shape index (κ3) is 2.71. The summed E-state index contributed by atoms with van der Waals surface area (Å²) in [6.45, 7) is 9.83. The molecule has 0 fully saturated rings. The molecule has 96 valence electrons. The molecule has 2 rings (SSSR count). The van der Waals surface area contributed by atoms with Crippen molar-refractivity contribution in [2.45, 2.75) is 20.4 Å². The second kappa shape index (κ2) is 5.23. The maximum Gasteiger partial charge on any atom is 0.250 e. The van der Waals surface area contributed by atoms with Crippen LogP contribution in [0.25, 0.3) is 0 Å². The van der Waals surface area contributed by atoms with E-state index in [0.29, 0.717) is 12.3 Å². The van der Waals surface area contributed by atoms with Crippen LogP contribution in [0.2, 0.25) is 0 Å². The van der Waals surface area contributed by atoms with Gasteiger partial charge in [-0.1, -0.05) is 13.5 Å². The molecule has 0 unspecified atom stereocenters. The van der Waals surface area contributed by atoms with Crippen LogP contribution in [0.15, 0.2) is 30.4 Å². The van der Waals surface area contributed by atoms with Crippen LogP contribution < -0.4 is 10.1 Å². The summed E-state index contributed by atoms with van der Waals surface area (Å²) in [7, 11) is 0. The van der Waals surface area contributed by atoms with Gasteiger partial charge in [-0.25, -0.2) is 0 Å². The lowest BCUT2D eigenvalue weighted by Gasteiger charge is -2.28. The highest BCUT2D eigenvalue weighted by atomic mass is 16.5. The van der Waals surface area contributed by atoms with E-state index in [-0.39, 0.29) is 5.91 Å². The minimum atomic E-state index is -0.154. The van der Waals surface area contributed by atoms with Crippen molar-refractivity contribution in [2.24, 2.45) is 0 Å². The van der Waals surface area contributed by atoms with Gasteiger partial charge < -0.3 is 10.1 Å². The van der Waals surface area contributed by atoms with E-state index in [9.17, 15) is 4.79 Å². The van der Waals surface area contributed by atoms with Crippen LogP contribution in [0.3, 0.4) is 0 Å². The van der Waals surface area contributed by atoms with Gasteiger partial charge in [-0.3, -0.25) is 9.69 Å². The van der Waals surface area contributed by atoms with Gasteiger partial charge in [-0.05, 0) is 31.7 Å². The van der Waals surface area contributed by atoms with E-state index >= 15 is 0 Å². The van der Waals surface area contributed by atoms with Gasteiger partial charge >= 0.3 is 0 Å². The predicted molar refractivity (Wildman–Crippen MR) is 71.5 cm³/mol. The second-order valence-electron chi connectivity index (χ2n) is 4.48. The van der Waals surface area contributed by atoms with Crippen LogP contribution in [0, 0.1) is 0 Å². The van der Waals surface area contributed by atoms with Gasteiger partial charge in [0.15, 0.2) is 0 Å². The maximum atomic E-state index is 11.5. The Morgan fingerprint density at radius 3 is 3.00 bits per heavy atom. The minimum absolute atomic E-state index is 0.154. The summed E-state index contributed by atoms with van der Waals surface area (Å²) >= 11 is 0. The Bertz CT molecular complexity index is 483. The van der Waals surface area contributed by atoms with Gasteiger partial charge in [0.1, 0.15) is 12.5 Å². The summed E-state index contributed by atoms with van der Waals surface area (Å²) in [4.78, 5) is 13.7. The molecule has 0 radical (unpaired) electrons. The van der Waals surface area contributed by atoms with Crippen LogP contribution >= 0.6 is 0 Å². The highest BCUT2D eigenvalue weighted by molar-refractivity contribution is 6.02. The summed E-state index contributed by atoms with van der Waals surface area (Å²) in [6, 6.07) is 5.70. The van der Waals surface area contributed by atoms with E-state index in [2.05, 4.69) is 23.7 Å². The van der Waals surface area contributed by atoms with Crippen molar-refractivity contribution in [1.29, 1.82) is 0 Å². The van der Waals surface area contributed by atoms with Gasteiger partial charge in [0.2, 0.25) is 0 Å². The molecule has 0 saturated carbocycles. The van der Waals surface area contributed by atoms with Gasteiger partial charge in [0, 0.05) is 23.4 Å². The molecule has 4 nitrogen and oxygen atoms in total. The zero-order valence-electron chi connectivity index (χ0n) is 10.8. The Morgan fingerprint density at radius 2 is 2.33 bits per heavy atom. The summed E-state index contributed by atoms with van der Waals surface area (Å²) in [5.74, 6) is 0.743. The number of carbonyl (C=O) groups excluding carboxylic acids is 1. The monoisotopic (exact) mass is 246 g/mol. The fourth-order valence-electron chi connectivity index (χ4n) is 1.81. The molecule has 4 heteroatoms. The number of amides is 1. The Balaban J connectivity index is 2.16. The molecule has 0 saturated heterocycles. The molecule has 0 bridgehead atoms. The minimum Gasteiger partial charge on any atom is -0.478 e. The van der Waals surface area contributed by atoms with E-state index in [1.54, 1.807) is 6.92 Å². The van der Waals surface area contributed by atoms with Crippen LogP contribution in [0.4, 0.5) is 5.69 Å². The lowest BCUT2D eigenvalue weighted by atomic mass is 10.1. The topological polar surface area (TPSA) is 41.6 Å². The molecule has 1 heterocycles. The molecular formula is C14H18N2O2. The Kier molecular flexibility index (Phi) is 3.67. The average molecular weight is 246 g/mol.